The maximum Gasteiger partial charge on any atom is 0.0920 e. The molecule has 0 aromatic heterocycles. The minimum Gasteiger partial charge on any atom is -0.366 e. The second-order valence-corrected chi connectivity index (χ2v) is 4.24. The molecule has 1 heteroatoms. The van der Waals surface area contributed by atoms with E-state index in [1.54, 1.807) is 0 Å². The molecule has 0 N–H and O–H groups in total. The van der Waals surface area contributed by atoms with Crippen molar-refractivity contribution in [1.29, 1.82) is 0 Å². The molecule has 0 bridgehead atoms. The maximum absolute atomic E-state index is 5.60. The van der Waals surface area contributed by atoms with Crippen LogP contribution in [0.3, 0.4) is 0 Å². The highest BCUT2D eigenvalue weighted by molar-refractivity contribution is 5.10. The van der Waals surface area contributed by atoms with Crippen molar-refractivity contribution in [1.82, 2.24) is 0 Å². The van der Waals surface area contributed by atoms with Gasteiger partial charge >= 0.3 is 0 Å². The Bertz CT molecular complexity index is 197. The highest BCUT2D eigenvalue weighted by Gasteiger charge is 2.55. The summed E-state index contributed by atoms with van der Waals surface area (Å²) in [6.45, 7) is 12.4. The van der Waals surface area contributed by atoms with Crippen LogP contribution in [-0.4, -0.2) is 11.7 Å². The predicted octanol–water partition coefficient (Wildman–Crippen LogP) is 3.55. The Labute approximate surface area is 82.2 Å². The summed E-state index contributed by atoms with van der Waals surface area (Å²) in [5.41, 5.74) is 1.61. The first-order valence-electron chi connectivity index (χ1n) is 5.45. The number of hydrogen-bond donors (Lipinski definition) is 0. The zero-order chi connectivity index (χ0) is 10.1. The quantitative estimate of drug-likeness (QED) is 0.446. The number of rotatable bonds is 1. The van der Waals surface area contributed by atoms with Crippen LogP contribution in [0.4, 0.5) is 0 Å². The van der Waals surface area contributed by atoms with E-state index in [0.29, 0.717) is 6.10 Å². The van der Waals surface area contributed by atoms with Crippen molar-refractivity contribution in [2.75, 3.05) is 0 Å². The largest absolute Gasteiger partial charge is 0.366 e. The average molecular weight is 182 g/mol. The molecule has 2 fully saturated rings. The fourth-order valence-corrected chi connectivity index (χ4v) is 2.09. The molecule has 1 saturated carbocycles. The van der Waals surface area contributed by atoms with Crippen molar-refractivity contribution in [3.05, 3.63) is 12.2 Å². The van der Waals surface area contributed by atoms with Crippen LogP contribution in [0.2, 0.25) is 0 Å². The Balaban J connectivity index is 0.000000396. The first-order valence-corrected chi connectivity index (χ1v) is 5.45. The zero-order valence-electron chi connectivity index (χ0n) is 9.39. The summed E-state index contributed by atoms with van der Waals surface area (Å²) >= 11 is 0. The van der Waals surface area contributed by atoms with Crippen LogP contribution < -0.4 is 0 Å². The SMILES string of the molecule is C=C(C)C1CCC2(C)OC2C1.CC. The minimum atomic E-state index is 0.270. The molecular formula is C12H22O. The summed E-state index contributed by atoms with van der Waals surface area (Å²) < 4.78 is 5.60. The van der Waals surface area contributed by atoms with E-state index in [1.807, 2.05) is 13.8 Å². The van der Waals surface area contributed by atoms with Crippen LogP contribution in [0.5, 0.6) is 0 Å². The minimum absolute atomic E-state index is 0.270. The number of ether oxygens (including phenoxy) is 1. The highest BCUT2D eigenvalue weighted by Crippen LogP contribution is 2.50. The molecular weight excluding hydrogens is 160 g/mol. The van der Waals surface area contributed by atoms with Crippen molar-refractivity contribution < 1.29 is 4.74 Å². The van der Waals surface area contributed by atoms with Crippen LogP contribution in [0.15, 0.2) is 12.2 Å². The zero-order valence-corrected chi connectivity index (χ0v) is 9.39. The van der Waals surface area contributed by atoms with Crippen molar-refractivity contribution in [2.45, 2.75) is 58.7 Å². The van der Waals surface area contributed by atoms with E-state index >= 15 is 0 Å². The molecule has 1 aliphatic heterocycles. The van der Waals surface area contributed by atoms with Gasteiger partial charge in [-0.2, -0.15) is 0 Å². The van der Waals surface area contributed by atoms with Crippen molar-refractivity contribution >= 4 is 0 Å². The van der Waals surface area contributed by atoms with Gasteiger partial charge in [0, 0.05) is 0 Å². The molecule has 13 heavy (non-hydrogen) atoms. The maximum atomic E-state index is 5.60. The van der Waals surface area contributed by atoms with E-state index in [0.717, 1.165) is 5.92 Å². The van der Waals surface area contributed by atoms with Gasteiger partial charge in [-0.15, -0.1) is 0 Å². The Hall–Kier alpha value is -0.300. The van der Waals surface area contributed by atoms with Gasteiger partial charge in [-0.25, -0.2) is 0 Å². The van der Waals surface area contributed by atoms with Crippen LogP contribution in [0.1, 0.15) is 47.0 Å². The predicted molar refractivity (Wildman–Crippen MR) is 56.8 cm³/mol. The lowest BCUT2D eigenvalue weighted by Crippen LogP contribution is -2.21. The number of epoxide rings is 1. The van der Waals surface area contributed by atoms with Crippen molar-refractivity contribution in [3.8, 4) is 0 Å². The normalized spacial score (nSPS) is 41.2. The standard InChI is InChI=1S/C10H16O.C2H6/c1-7(2)8-4-5-10(3)9(6-8)11-10;1-2/h8-9H,1,4-6H2,2-3H3;1-2H3. The topological polar surface area (TPSA) is 12.5 Å². The fourth-order valence-electron chi connectivity index (χ4n) is 2.09. The molecule has 0 amide bonds. The van der Waals surface area contributed by atoms with Crippen LogP contribution in [0.25, 0.3) is 0 Å². The lowest BCUT2D eigenvalue weighted by molar-refractivity contribution is 0.303. The summed E-state index contributed by atoms with van der Waals surface area (Å²) in [6.07, 6.45) is 4.28. The smallest absolute Gasteiger partial charge is 0.0920 e. The summed E-state index contributed by atoms with van der Waals surface area (Å²) in [7, 11) is 0. The summed E-state index contributed by atoms with van der Waals surface area (Å²) in [6, 6.07) is 0. The number of hydrogen-bond acceptors (Lipinski definition) is 1. The summed E-state index contributed by atoms with van der Waals surface area (Å²) in [4.78, 5) is 0. The van der Waals surface area contributed by atoms with E-state index in [9.17, 15) is 0 Å². The van der Waals surface area contributed by atoms with E-state index in [4.69, 9.17) is 4.74 Å². The van der Waals surface area contributed by atoms with Gasteiger partial charge < -0.3 is 4.74 Å². The molecule has 0 spiro atoms. The van der Waals surface area contributed by atoms with E-state index in [-0.39, 0.29) is 5.60 Å². The van der Waals surface area contributed by atoms with Crippen molar-refractivity contribution in [3.63, 3.8) is 0 Å². The van der Waals surface area contributed by atoms with Crippen LogP contribution >= 0.6 is 0 Å². The lowest BCUT2D eigenvalue weighted by Gasteiger charge is -2.22. The Kier molecular flexibility index (Phi) is 3.18. The third-order valence-corrected chi connectivity index (χ3v) is 3.22. The molecule has 0 aromatic rings. The number of fused-ring (bicyclic) bond motifs is 1. The second-order valence-electron chi connectivity index (χ2n) is 4.24. The van der Waals surface area contributed by atoms with Gasteiger partial charge in [0.1, 0.15) is 0 Å². The number of allylic oxidation sites excluding steroid dienone is 1. The molecule has 2 rings (SSSR count). The molecule has 76 valence electrons. The second kappa shape index (κ2) is 3.83. The Morgan fingerprint density at radius 3 is 2.54 bits per heavy atom. The van der Waals surface area contributed by atoms with Crippen LogP contribution in [-0.2, 0) is 4.74 Å². The van der Waals surface area contributed by atoms with Gasteiger partial charge in [-0.05, 0) is 39.0 Å². The van der Waals surface area contributed by atoms with E-state index in [1.165, 1.54) is 24.8 Å². The average Bonchev–Trinajstić information content (AvgIpc) is 2.78. The van der Waals surface area contributed by atoms with Gasteiger partial charge in [-0.1, -0.05) is 26.0 Å². The van der Waals surface area contributed by atoms with Gasteiger partial charge in [-0.3, -0.25) is 0 Å². The molecule has 1 nitrogen and oxygen atoms in total. The monoisotopic (exact) mass is 182 g/mol. The molecule has 0 radical (unpaired) electrons. The molecule has 2 aliphatic rings. The highest BCUT2D eigenvalue weighted by atomic mass is 16.6. The van der Waals surface area contributed by atoms with Crippen LogP contribution in [0, 0.1) is 5.92 Å². The van der Waals surface area contributed by atoms with Gasteiger partial charge in [0.05, 0.1) is 11.7 Å². The van der Waals surface area contributed by atoms with Crippen molar-refractivity contribution in [2.24, 2.45) is 5.92 Å². The van der Waals surface area contributed by atoms with Gasteiger partial charge in [0.2, 0.25) is 0 Å². The lowest BCUT2D eigenvalue weighted by atomic mass is 9.80. The first-order chi connectivity index (χ1) is 6.12. The van der Waals surface area contributed by atoms with E-state index < -0.39 is 0 Å². The fraction of sp³-hybridized carbons (Fsp3) is 0.833. The van der Waals surface area contributed by atoms with Gasteiger partial charge in [0.25, 0.3) is 0 Å². The molecule has 1 heterocycles. The molecule has 3 atom stereocenters. The summed E-state index contributed by atoms with van der Waals surface area (Å²) in [5, 5.41) is 0. The first kappa shape index (κ1) is 10.8. The Morgan fingerprint density at radius 1 is 1.46 bits per heavy atom. The third kappa shape index (κ3) is 2.14. The molecule has 0 aromatic carbocycles. The van der Waals surface area contributed by atoms with Gasteiger partial charge in [0.15, 0.2) is 0 Å². The summed E-state index contributed by atoms with van der Waals surface area (Å²) in [5.74, 6) is 0.732. The third-order valence-electron chi connectivity index (χ3n) is 3.22. The molecule has 1 aliphatic carbocycles. The molecule has 1 saturated heterocycles. The Morgan fingerprint density at radius 2 is 2.08 bits per heavy atom. The molecule has 3 unspecified atom stereocenters. The van der Waals surface area contributed by atoms with E-state index in [2.05, 4.69) is 20.4 Å².